The van der Waals surface area contributed by atoms with E-state index in [0.29, 0.717) is 23.2 Å². The summed E-state index contributed by atoms with van der Waals surface area (Å²) in [6, 6.07) is 11.0. The lowest BCUT2D eigenvalue weighted by molar-refractivity contribution is 0.221. The molecule has 5 nitrogen and oxygen atoms in total. The fourth-order valence-electron chi connectivity index (χ4n) is 2.49. The molecule has 1 aliphatic rings. The lowest BCUT2D eigenvalue weighted by atomic mass is 10.2. The first kappa shape index (κ1) is 15.8. The first-order valence-electron chi connectivity index (χ1n) is 7.55. The normalized spacial score (nSPS) is 17.1. The van der Waals surface area contributed by atoms with Crippen molar-refractivity contribution < 1.29 is 9.53 Å². The Morgan fingerprint density at radius 3 is 2.91 bits per heavy atom. The summed E-state index contributed by atoms with van der Waals surface area (Å²) >= 11 is 3.40. The van der Waals surface area contributed by atoms with Crippen LogP contribution in [0.15, 0.2) is 47.1 Å². The number of nitrogens with zero attached hydrogens (tertiary/aromatic N) is 2. The summed E-state index contributed by atoms with van der Waals surface area (Å²) in [6.45, 7) is 3.77. The molecule has 1 N–H and O–H groups in total. The van der Waals surface area contributed by atoms with Gasteiger partial charge in [0.25, 0.3) is 0 Å². The smallest absolute Gasteiger partial charge is 0.321 e. The lowest BCUT2D eigenvalue weighted by Crippen LogP contribution is -2.32. The Morgan fingerprint density at radius 2 is 2.26 bits per heavy atom. The molecule has 3 rings (SSSR count). The predicted molar refractivity (Wildman–Crippen MR) is 92.8 cm³/mol. The van der Waals surface area contributed by atoms with Crippen molar-refractivity contribution in [2.75, 3.05) is 18.4 Å². The maximum Gasteiger partial charge on any atom is 0.321 e. The molecule has 23 heavy (non-hydrogen) atoms. The number of ether oxygens (including phenoxy) is 1. The van der Waals surface area contributed by atoms with Crippen LogP contribution in [-0.4, -0.2) is 29.0 Å². The number of pyridine rings is 1. The van der Waals surface area contributed by atoms with Gasteiger partial charge in [-0.3, -0.25) is 0 Å². The van der Waals surface area contributed by atoms with E-state index < -0.39 is 0 Å². The van der Waals surface area contributed by atoms with E-state index in [1.807, 2.05) is 29.2 Å². The number of carbonyl (C=O) groups excluding carboxylic acids is 1. The van der Waals surface area contributed by atoms with Gasteiger partial charge in [0.1, 0.15) is 5.75 Å². The average molecular weight is 376 g/mol. The number of rotatable bonds is 3. The van der Waals surface area contributed by atoms with Crippen LogP contribution < -0.4 is 10.1 Å². The number of amides is 2. The summed E-state index contributed by atoms with van der Waals surface area (Å²) in [4.78, 5) is 18.2. The van der Waals surface area contributed by atoms with Crippen LogP contribution in [0.2, 0.25) is 0 Å². The summed E-state index contributed by atoms with van der Waals surface area (Å²) in [5.74, 6) is 1.76. The van der Waals surface area contributed by atoms with Gasteiger partial charge in [0, 0.05) is 23.6 Å². The van der Waals surface area contributed by atoms with Gasteiger partial charge < -0.3 is 15.0 Å². The minimum Gasteiger partial charge on any atom is -0.439 e. The molecule has 1 unspecified atom stereocenters. The molecule has 2 heterocycles. The second-order valence-corrected chi connectivity index (χ2v) is 6.63. The van der Waals surface area contributed by atoms with Crippen LogP contribution in [0.25, 0.3) is 0 Å². The van der Waals surface area contributed by atoms with Gasteiger partial charge in [-0.05, 0) is 36.6 Å². The molecule has 2 amide bonds. The van der Waals surface area contributed by atoms with E-state index in [2.05, 4.69) is 33.2 Å². The third-order valence-electron chi connectivity index (χ3n) is 3.72. The molecule has 120 valence electrons. The molecule has 0 aliphatic carbocycles. The average Bonchev–Trinajstić information content (AvgIpc) is 2.96. The van der Waals surface area contributed by atoms with Crippen molar-refractivity contribution in [1.29, 1.82) is 0 Å². The van der Waals surface area contributed by atoms with E-state index >= 15 is 0 Å². The van der Waals surface area contributed by atoms with Gasteiger partial charge in [0.15, 0.2) is 0 Å². The largest absolute Gasteiger partial charge is 0.439 e. The number of likely N-dealkylation sites (tertiary alicyclic amines) is 1. The van der Waals surface area contributed by atoms with Gasteiger partial charge in [-0.25, -0.2) is 9.78 Å². The van der Waals surface area contributed by atoms with Crippen LogP contribution in [0.1, 0.15) is 13.3 Å². The molecular weight excluding hydrogens is 358 g/mol. The fraction of sp³-hybridized carbons (Fsp3) is 0.294. The van der Waals surface area contributed by atoms with Gasteiger partial charge in [-0.1, -0.05) is 28.9 Å². The van der Waals surface area contributed by atoms with Crippen LogP contribution in [0.5, 0.6) is 11.6 Å². The van der Waals surface area contributed by atoms with E-state index in [0.717, 1.165) is 24.0 Å². The van der Waals surface area contributed by atoms with Crippen molar-refractivity contribution >= 4 is 27.6 Å². The predicted octanol–water partition coefficient (Wildman–Crippen LogP) is 4.51. The van der Waals surface area contributed by atoms with Crippen molar-refractivity contribution in [3.63, 3.8) is 0 Å². The molecule has 0 saturated carbocycles. The van der Waals surface area contributed by atoms with Gasteiger partial charge in [-0.15, -0.1) is 0 Å². The number of hydrogen-bond donors (Lipinski definition) is 1. The minimum absolute atomic E-state index is 0.0724. The highest BCUT2D eigenvalue weighted by molar-refractivity contribution is 9.10. The van der Waals surface area contributed by atoms with Crippen molar-refractivity contribution in [2.45, 2.75) is 13.3 Å². The quantitative estimate of drug-likeness (QED) is 0.858. The lowest BCUT2D eigenvalue weighted by Gasteiger charge is -2.16. The Labute approximate surface area is 143 Å². The number of anilines is 1. The van der Waals surface area contributed by atoms with Gasteiger partial charge in [0.2, 0.25) is 5.88 Å². The number of aromatic nitrogens is 1. The van der Waals surface area contributed by atoms with E-state index in [-0.39, 0.29) is 6.03 Å². The summed E-state index contributed by atoms with van der Waals surface area (Å²) in [5.41, 5.74) is 0.663. The first-order valence-corrected chi connectivity index (χ1v) is 8.35. The molecule has 1 atom stereocenters. The van der Waals surface area contributed by atoms with Crippen LogP contribution in [0.4, 0.5) is 10.5 Å². The summed E-state index contributed by atoms with van der Waals surface area (Å²) in [5, 5.41) is 2.87. The van der Waals surface area contributed by atoms with Crippen molar-refractivity contribution in [3.05, 3.63) is 47.1 Å². The van der Waals surface area contributed by atoms with E-state index in [9.17, 15) is 4.79 Å². The third kappa shape index (κ3) is 4.22. The van der Waals surface area contributed by atoms with E-state index in [1.54, 1.807) is 18.3 Å². The highest BCUT2D eigenvalue weighted by Gasteiger charge is 2.23. The molecule has 1 aromatic heterocycles. The zero-order valence-corrected chi connectivity index (χ0v) is 14.4. The maximum atomic E-state index is 12.1. The molecule has 0 bridgehead atoms. The van der Waals surface area contributed by atoms with Crippen LogP contribution >= 0.6 is 15.9 Å². The molecule has 1 aromatic carbocycles. The molecule has 1 aliphatic heterocycles. The molecule has 1 saturated heterocycles. The third-order valence-corrected chi connectivity index (χ3v) is 4.21. The van der Waals surface area contributed by atoms with Crippen molar-refractivity contribution in [2.24, 2.45) is 5.92 Å². The van der Waals surface area contributed by atoms with Crippen molar-refractivity contribution in [3.8, 4) is 11.6 Å². The standard InChI is InChI=1S/C17H18BrN3O2/c1-12-7-8-21(11-12)17(22)20-14-5-6-16(19-10-14)23-15-4-2-3-13(18)9-15/h2-6,9-10,12H,7-8,11H2,1H3,(H,20,22). The highest BCUT2D eigenvalue weighted by Crippen LogP contribution is 2.24. The maximum absolute atomic E-state index is 12.1. The second-order valence-electron chi connectivity index (χ2n) is 5.71. The van der Waals surface area contributed by atoms with Crippen LogP contribution in [0.3, 0.4) is 0 Å². The van der Waals surface area contributed by atoms with Crippen LogP contribution in [0, 0.1) is 5.92 Å². The monoisotopic (exact) mass is 375 g/mol. The second kappa shape index (κ2) is 7.00. The number of nitrogens with one attached hydrogen (secondary N) is 1. The minimum atomic E-state index is -0.0724. The molecular formula is C17H18BrN3O2. The fourth-order valence-corrected chi connectivity index (χ4v) is 2.87. The number of urea groups is 1. The summed E-state index contributed by atoms with van der Waals surface area (Å²) < 4.78 is 6.61. The van der Waals surface area contributed by atoms with Crippen LogP contribution in [-0.2, 0) is 0 Å². The number of hydrogen-bond acceptors (Lipinski definition) is 3. The first-order chi connectivity index (χ1) is 11.1. The topological polar surface area (TPSA) is 54.5 Å². The number of benzene rings is 1. The molecule has 0 spiro atoms. The Balaban J connectivity index is 1.59. The Hall–Kier alpha value is -2.08. The summed E-state index contributed by atoms with van der Waals surface area (Å²) in [7, 11) is 0. The Kier molecular flexibility index (Phi) is 4.81. The van der Waals surface area contributed by atoms with Crippen molar-refractivity contribution in [1.82, 2.24) is 9.88 Å². The molecule has 0 radical (unpaired) electrons. The molecule has 1 fully saturated rings. The van der Waals surface area contributed by atoms with Gasteiger partial charge in [0.05, 0.1) is 11.9 Å². The number of carbonyl (C=O) groups is 1. The summed E-state index contributed by atoms with van der Waals surface area (Å²) in [6.07, 6.45) is 2.66. The van der Waals surface area contributed by atoms with Gasteiger partial charge in [-0.2, -0.15) is 0 Å². The zero-order valence-electron chi connectivity index (χ0n) is 12.8. The number of halogens is 1. The molecule has 2 aromatic rings. The Morgan fingerprint density at radius 1 is 1.39 bits per heavy atom. The molecule has 6 heteroatoms. The Bertz CT molecular complexity index is 690. The SMILES string of the molecule is CC1CCN(C(=O)Nc2ccc(Oc3cccc(Br)c3)nc2)C1. The van der Waals surface area contributed by atoms with E-state index in [4.69, 9.17) is 4.74 Å². The zero-order chi connectivity index (χ0) is 16.2. The van der Waals surface area contributed by atoms with Gasteiger partial charge >= 0.3 is 6.03 Å². The van der Waals surface area contributed by atoms with E-state index in [1.165, 1.54) is 0 Å². The highest BCUT2D eigenvalue weighted by atomic mass is 79.9.